The van der Waals surface area contributed by atoms with Crippen molar-refractivity contribution in [3.05, 3.63) is 35.9 Å². The molecule has 0 heterocycles. The average Bonchev–Trinajstić information content (AvgIpc) is 2.26. The van der Waals surface area contributed by atoms with E-state index < -0.39 is 10.1 Å². The molecule has 0 bridgehead atoms. The fraction of sp³-hybridized carbons (Fsp3) is 0.300. The van der Waals surface area contributed by atoms with E-state index in [1.54, 1.807) is 0 Å². The maximum atomic E-state index is 10.4. The van der Waals surface area contributed by atoms with Gasteiger partial charge < -0.3 is 4.55 Å². The first kappa shape index (κ1) is 18.9. The Balaban J connectivity index is 0.00000289. The van der Waals surface area contributed by atoms with Gasteiger partial charge in [0.15, 0.2) is 0 Å². The van der Waals surface area contributed by atoms with E-state index in [1.165, 1.54) is 23.5 Å². The van der Waals surface area contributed by atoms with Crippen LogP contribution in [0.1, 0.15) is 5.56 Å². The molecule has 0 amide bonds. The first-order valence-corrected chi connectivity index (χ1v) is 8.70. The van der Waals surface area contributed by atoms with Crippen molar-refractivity contribution in [2.75, 3.05) is 11.5 Å². The zero-order valence-corrected chi connectivity index (χ0v) is 15.1. The third-order valence-electron chi connectivity index (χ3n) is 1.75. The Morgan fingerprint density at radius 1 is 1.22 bits per heavy atom. The van der Waals surface area contributed by atoms with Gasteiger partial charge in [-0.15, -0.1) is 23.5 Å². The van der Waals surface area contributed by atoms with E-state index in [0.29, 0.717) is 3.53 Å². The fourth-order valence-corrected chi connectivity index (χ4v) is 3.97. The molecular formula is C10H11NaO3S4. The molecule has 0 fully saturated rings. The van der Waals surface area contributed by atoms with E-state index in [1.807, 2.05) is 30.3 Å². The van der Waals surface area contributed by atoms with Gasteiger partial charge in [-0.05, 0) is 5.56 Å². The van der Waals surface area contributed by atoms with Gasteiger partial charge >= 0.3 is 29.6 Å². The van der Waals surface area contributed by atoms with Gasteiger partial charge in [0, 0.05) is 17.3 Å². The molecule has 94 valence electrons. The molecule has 1 rings (SSSR count). The van der Waals surface area contributed by atoms with Crippen LogP contribution in [0, 0.1) is 0 Å². The summed E-state index contributed by atoms with van der Waals surface area (Å²) in [5, 5.41) is 0. The number of hydrogen-bond acceptors (Lipinski definition) is 6. The molecule has 0 saturated heterocycles. The van der Waals surface area contributed by atoms with Gasteiger partial charge in [-0.2, -0.15) is 0 Å². The summed E-state index contributed by atoms with van der Waals surface area (Å²) in [5.41, 5.74) is 1.16. The molecule has 18 heavy (non-hydrogen) atoms. The normalized spacial score (nSPS) is 10.7. The molecule has 0 radical (unpaired) electrons. The van der Waals surface area contributed by atoms with Crippen LogP contribution in [0.5, 0.6) is 0 Å². The van der Waals surface area contributed by atoms with Crippen LogP contribution in [0.4, 0.5) is 0 Å². The minimum absolute atomic E-state index is 0. The zero-order valence-electron chi connectivity index (χ0n) is 9.87. The maximum Gasteiger partial charge on any atom is 1.00 e. The predicted octanol–water partition coefficient (Wildman–Crippen LogP) is -0.513. The van der Waals surface area contributed by atoms with Crippen LogP contribution in [0.25, 0.3) is 0 Å². The molecule has 1 aromatic carbocycles. The van der Waals surface area contributed by atoms with Crippen LogP contribution in [0.2, 0.25) is 0 Å². The summed E-state index contributed by atoms with van der Waals surface area (Å²) in [6, 6.07) is 9.86. The molecule has 0 spiro atoms. The predicted molar refractivity (Wildman–Crippen MR) is 77.4 cm³/mol. The Bertz CT molecular complexity index is 461. The summed E-state index contributed by atoms with van der Waals surface area (Å²) in [6.07, 6.45) is 0. The molecule has 0 aliphatic carbocycles. The van der Waals surface area contributed by atoms with Gasteiger partial charge in [0.1, 0.15) is 3.53 Å². The van der Waals surface area contributed by atoms with Crippen molar-refractivity contribution in [3.63, 3.8) is 0 Å². The van der Waals surface area contributed by atoms with E-state index in [4.69, 9.17) is 12.2 Å². The van der Waals surface area contributed by atoms with Crippen molar-refractivity contribution in [2.24, 2.45) is 0 Å². The Kier molecular flexibility index (Phi) is 10.3. The van der Waals surface area contributed by atoms with Crippen LogP contribution in [0.3, 0.4) is 0 Å². The third kappa shape index (κ3) is 9.80. The molecule has 0 unspecified atom stereocenters. The minimum Gasteiger partial charge on any atom is -0.748 e. The SMILES string of the molecule is O=S(=O)([O-])CCSC(=S)SCc1ccccc1.[Na+]. The smallest absolute Gasteiger partial charge is 0.748 e. The fourth-order valence-electron chi connectivity index (χ4n) is 0.985. The number of thiocarbonyl (C=S) groups is 1. The second-order valence-electron chi connectivity index (χ2n) is 3.13. The molecule has 0 aromatic heterocycles. The number of thioether (sulfide) groups is 2. The zero-order chi connectivity index (χ0) is 12.7. The molecule has 0 N–H and O–H groups in total. The summed E-state index contributed by atoms with van der Waals surface area (Å²) in [4.78, 5) is 0. The van der Waals surface area contributed by atoms with E-state index >= 15 is 0 Å². The monoisotopic (exact) mass is 330 g/mol. The Morgan fingerprint density at radius 3 is 2.39 bits per heavy atom. The van der Waals surface area contributed by atoms with E-state index in [9.17, 15) is 13.0 Å². The van der Waals surface area contributed by atoms with Gasteiger partial charge in [-0.3, -0.25) is 0 Å². The number of hydrogen-bond donors (Lipinski definition) is 0. The Morgan fingerprint density at radius 2 is 1.83 bits per heavy atom. The minimum atomic E-state index is -4.13. The molecule has 1 aromatic rings. The molecular weight excluding hydrogens is 319 g/mol. The van der Waals surface area contributed by atoms with Crippen molar-refractivity contribution in [1.82, 2.24) is 0 Å². The number of rotatable bonds is 5. The quantitative estimate of drug-likeness (QED) is 0.412. The molecule has 8 heteroatoms. The molecule has 0 saturated carbocycles. The largest absolute Gasteiger partial charge is 1.00 e. The van der Waals surface area contributed by atoms with Crippen molar-refractivity contribution >= 4 is 49.4 Å². The van der Waals surface area contributed by atoms with Crippen LogP contribution in [-0.4, -0.2) is 28.0 Å². The van der Waals surface area contributed by atoms with Crippen molar-refractivity contribution in [2.45, 2.75) is 5.75 Å². The van der Waals surface area contributed by atoms with Crippen LogP contribution >= 0.6 is 35.7 Å². The first-order chi connectivity index (χ1) is 7.97. The van der Waals surface area contributed by atoms with Gasteiger partial charge in [-0.1, -0.05) is 42.5 Å². The van der Waals surface area contributed by atoms with Crippen molar-refractivity contribution in [3.8, 4) is 0 Å². The third-order valence-corrected chi connectivity index (χ3v) is 5.49. The molecule has 0 aliphatic rings. The maximum absolute atomic E-state index is 10.4. The standard InChI is InChI=1S/C10H12O3S4.Na/c11-17(12,13)7-6-15-10(14)16-8-9-4-2-1-3-5-9;/h1-5H,6-8H2,(H,11,12,13);/q;+1/p-1. The summed E-state index contributed by atoms with van der Waals surface area (Å²) in [5.74, 6) is 0.618. The number of benzene rings is 1. The van der Waals surface area contributed by atoms with Gasteiger partial charge in [0.2, 0.25) is 0 Å². The van der Waals surface area contributed by atoms with Crippen molar-refractivity contribution in [1.29, 1.82) is 0 Å². The topological polar surface area (TPSA) is 57.2 Å². The molecule has 3 nitrogen and oxygen atoms in total. The summed E-state index contributed by atoms with van der Waals surface area (Å²) in [7, 11) is -4.13. The summed E-state index contributed by atoms with van der Waals surface area (Å²) in [6.45, 7) is 0. The van der Waals surface area contributed by atoms with Gasteiger partial charge in [0.25, 0.3) is 0 Å². The second-order valence-corrected chi connectivity index (χ2v) is 7.93. The van der Waals surface area contributed by atoms with E-state index in [2.05, 4.69) is 0 Å². The van der Waals surface area contributed by atoms with Crippen molar-refractivity contribution < 1.29 is 42.5 Å². The average molecular weight is 330 g/mol. The molecule has 0 aliphatic heterocycles. The summed E-state index contributed by atoms with van der Waals surface area (Å²) < 4.78 is 31.8. The summed E-state index contributed by atoms with van der Waals surface area (Å²) >= 11 is 7.79. The second kappa shape index (κ2) is 9.77. The van der Waals surface area contributed by atoms with E-state index in [-0.39, 0.29) is 41.1 Å². The van der Waals surface area contributed by atoms with Gasteiger partial charge in [-0.25, -0.2) is 8.42 Å². The van der Waals surface area contributed by atoms with Crippen LogP contribution < -0.4 is 29.6 Å². The Hall–Kier alpha value is 0.920. The molecule has 0 atom stereocenters. The Labute approximate surface area is 144 Å². The van der Waals surface area contributed by atoms with Gasteiger partial charge in [0.05, 0.1) is 10.1 Å². The van der Waals surface area contributed by atoms with Crippen LogP contribution in [0.15, 0.2) is 30.3 Å². The first-order valence-electron chi connectivity index (χ1n) is 4.74. The van der Waals surface area contributed by atoms with Crippen LogP contribution in [-0.2, 0) is 15.9 Å². The van der Waals surface area contributed by atoms with E-state index in [0.717, 1.165) is 11.3 Å².